The van der Waals surface area contributed by atoms with Crippen LogP contribution in [0.1, 0.15) is 16.8 Å². The Morgan fingerprint density at radius 2 is 2.47 bits per heavy atom. The van der Waals surface area contributed by atoms with Crippen LogP contribution in [-0.4, -0.2) is 27.2 Å². The smallest absolute Gasteiger partial charge is 0.252 e. The third-order valence-electron chi connectivity index (χ3n) is 2.15. The molecule has 0 fully saturated rings. The van der Waals surface area contributed by atoms with E-state index in [0.717, 1.165) is 16.8 Å². The van der Waals surface area contributed by atoms with Crippen molar-refractivity contribution in [3.63, 3.8) is 0 Å². The Morgan fingerprint density at radius 3 is 3.12 bits per heavy atom. The van der Waals surface area contributed by atoms with Crippen LogP contribution >= 0.6 is 27.3 Å². The van der Waals surface area contributed by atoms with Crippen LogP contribution in [-0.2, 0) is 6.54 Å². The monoisotopic (exact) mass is 314 g/mol. The van der Waals surface area contributed by atoms with Gasteiger partial charge < -0.3 is 5.32 Å². The minimum absolute atomic E-state index is 0.0365. The van der Waals surface area contributed by atoms with E-state index < -0.39 is 0 Å². The first kappa shape index (κ1) is 12.3. The maximum absolute atomic E-state index is 11.7. The highest BCUT2D eigenvalue weighted by Crippen LogP contribution is 2.20. The van der Waals surface area contributed by atoms with Gasteiger partial charge in [-0.05, 0) is 28.4 Å². The average molecular weight is 315 g/mol. The van der Waals surface area contributed by atoms with E-state index in [1.54, 1.807) is 11.0 Å². The molecular weight excluding hydrogens is 304 g/mol. The van der Waals surface area contributed by atoms with Crippen LogP contribution in [0.2, 0.25) is 0 Å². The van der Waals surface area contributed by atoms with Crippen LogP contribution in [0.5, 0.6) is 0 Å². The molecule has 2 aromatic rings. The van der Waals surface area contributed by atoms with Gasteiger partial charge >= 0.3 is 0 Å². The Labute approximate surface area is 111 Å². The van der Waals surface area contributed by atoms with Crippen LogP contribution < -0.4 is 5.32 Å². The van der Waals surface area contributed by atoms with Crippen molar-refractivity contribution in [1.82, 2.24) is 20.1 Å². The van der Waals surface area contributed by atoms with Gasteiger partial charge in [0.25, 0.3) is 5.91 Å². The fourth-order valence-electron chi connectivity index (χ4n) is 1.32. The number of nitrogens with one attached hydrogen (secondary N) is 1. The lowest BCUT2D eigenvalue weighted by molar-refractivity contribution is 0.0953. The van der Waals surface area contributed by atoms with Gasteiger partial charge in [-0.1, -0.05) is 0 Å². The summed E-state index contributed by atoms with van der Waals surface area (Å²) >= 11 is 4.83. The number of aromatic nitrogens is 3. The number of carbonyl (C=O) groups excluding carboxylic acids is 1. The molecule has 0 spiro atoms. The van der Waals surface area contributed by atoms with Crippen molar-refractivity contribution in [3.05, 3.63) is 33.5 Å². The van der Waals surface area contributed by atoms with Crippen molar-refractivity contribution in [1.29, 1.82) is 0 Å². The molecule has 7 heteroatoms. The number of rotatable bonds is 5. The first-order valence-corrected chi connectivity index (χ1v) is 6.77. The molecule has 0 aliphatic heterocycles. The summed E-state index contributed by atoms with van der Waals surface area (Å²) in [6.45, 7) is 1.39. The molecule has 0 aliphatic rings. The molecule has 1 amide bonds. The highest BCUT2D eigenvalue weighted by atomic mass is 79.9. The Morgan fingerprint density at radius 1 is 1.59 bits per heavy atom. The zero-order valence-electron chi connectivity index (χ0n) is 8.97. The zero-order valence-corrected chi connectivity index (χ0v) is 11.4. The van der Waals surface area contributed by atoms with E-state index in [0.29, 0.717) is 12.1 Å². The van der Waals surface area contributed by atoms with E-state index in [1.165, 1.54) is 17.7 Å². The first-order valence-electron chi connectivity index (χ1n) is 5.10. The molecule has 0 saturated carbocycles. The summed E-state index contributed by atoms with van der Waals surface area (Å²) in [5.74, 6) is -0.0365. The maximum Gasteiger partial charge on any atom is 0.252 e. The van der Waals surface area contributed by atoms with Crippen molar-refractivity contribution >= 4 is 33.2 Å². The second-order valence-electron chi connectivity index (χ2n) is 3.41. The van der Waals surface area contributed by atoms with Crippen molar-refractivity contribution in [2.24, 2.45) is 0 Å². The molecule has 0 unspecified atom stereocenters. The molecule has 0 aliphatic carbocycles. The van der Waals surface area contributed by atoms with Gasteiger partial charge in [0.05, 0.1) is 9.35 Å². The van der Waals surface area contributed by atoms with Crippen molar-refractivity contribution < 1.29 is 4.79 Å². The predicted octanol–water partition coefficient (Wildman–Crippen LogP) is 1.92. The lowest BCUT2D eigenvalue weighted by atomic mass is 10.3. The van der Waals surface area contributed by atoms with Gasteiger partial charge in [-0.2, -0.15) is 5.10 Å². The standard InChI is InChI=1S/C10H11BrN4OS/c11-9-4-8(5-17-9)10(16)13-2-1-3-15-7-12-6-14-15/h4-7H,1-3H2,(H,13,16). The molecule has 17 heavy (non-hydrogen) atoms. The highest BCUT2D eigenvalue weighted by molar-refractivity contribution is 9.11. The zero-order chi connectivity index (χ0) is 12.1. The molecule has 0 radical (unpaired) electrons. The number of carbonyl (C=O) groups is 1. The average Bonchev–Trinajstić information content (AvgIpc) is 2.95. The molecule has 2 aromatic heterocycles. The number of amides is 1. The number of aryl methyl sites for hydroxylation is 1. The number of thiophene rings is 1. The highest BCUT2D eigenvalue weighted by Gasteiger charge is 2.06. The van der Waals surface area contributed by atoms with Gasteiger partial charge in [-0.25, -0.2) is 4.98 Å². The molecule has 1 N–H and O–H groups in total. The van der Waals surface area contributed by atoms with Gasteiger partial charge in [0, 0.05) is 18.5 Å². The summed E-state index contributed by atoms with van der Waals surface area (Å²) in [5.41, 5.74) is 0.697. The number of hydrogen-bond acceptors (Lipinski definition) is 4. The van der Waals surface area contributed by atoms with E-state index >= 15 is 0 Å². The van der Waals surface area contributed by atoms with Crippen molar-refractivity contribution in [2.75, 3.05) is 6.54 Å². The molecular formula is C10H11BrN4OS. The largest absolute Gasteiger partial charge is 0.352 e. The molecule has 2 rings (SSSR count). The lowest BCUT2D eigenvalue weighted by Crippen LogP contribution is -2.24. The Hall–Kier alpha value is -1.21. The second kappa shape index (κ2) is 5.92. The van der Waals surface area contributed by atoms with Crippen LogP contribution in [0.4, 0.5) is 0 Å². The van der Waals surface area contributed by atoms with Crippen LogP contribution in [0, 0.1) is 0 Å². The molecule has 0 aromatic carbocycles. The minimum Gasteiger partial charge on any atom is -0.352 e. The number of halogens is 1. The summed E-state index contributed by atoms with van der Waals surface area (Å²) in [6.07, 6.45) is 4.00. The van der Waals surface area contributed by atoms with Gasteiger partial charge in [0.2, 0.25) is 0 Å². The molecule has 90 valence electrons. The topological polar surface area (TPSA) is 59.8 Å². The van der Waals surface area contributed by atoms with Crippen LogP contribution in [0.3, 0.4) is 0 Å². The fourth-order valence-corrected chi connectivity index (χ4v) is 2.46. The van der Waals surface area contributed by atoms with E-state index in [4.69, 9.17) is 0 Å². The Bertz CT molecular complexity index is 482. The van der Waals surface area contributed by atoms with Crippen molar-refractivity contribution in [3.8, 4) is 0 Å². The van der Waals surface area contributed by atoms with Crippen LogP contribution in [0.15, 0.2) is 27.9 Å². The summed E-state index contributed by atoms with van der Waals surface area (Å²) in [6, 6.07) is 1.82. The van der Waals surface area contributed by atoms with Gasteiger partial charge in [-0.15, -0.1) is 11.3 Å². The summed E-state index contributed by atoms with van der Waals surface area (Å²) in [7, 11) is 0. The fraction of sp³-hybridized carbons (Fsp3) is 0.300. The lowest BCUT2D eigenvalue weighted by Gasteiger charge is -2.03. The van der Waals surface area contributed by atoms with E-state index in [1.807, 2.05) is 11.4 Å². The third kappa shape index (κ3) is 3.64. The van der Waals surface area contributed by atoms with Gasteiger partial charge in [0.15, 0.2) is 0 Å². The minimum atomic E-state index is -0.0365. The molecule has 0 bridgehead atoms. The van der Waals surface area contributed by atoms with Crippen molar-refractivity contribution in [2.45, 2.75) is 13.0 Å². The van der Waals surface area contributed by atoms with Gasteiger partial charge in [-0.3, -0.25) is 9.48 Å². The third-order valence-corrected chi connectivity index (χ3v) is 3.65. The number of hydrogen-bond donors (Lipinski definition) is 1. The quantitative estimate of drug-likeness (QED) is 0.858. The second-order valence-corrected chi connectivity index (χ2v) is 5.70. The SMILES string of the molecule is O=C(NCCCn1cncn1)c1csc(Br)c1. The normalized spacial score (nSPS) is 10.4. The Balaban J connectivity index is 1.70. The first-order chi connectivity index (χ1) is 8.25. The maximum atomic E-state index is 11.7. The van der Waals surface area contributed by atoms with E-state index in [9.17, 15) is 4.79 Å². The summed E-state index contributed by atoms with van der Waals surface area (Å²) < 4.78 is 2.71. The summed E-state index contributed by atoms with van der Waals surface area (Å²) in [4.78, 5) is 15.5. The predicted molar refractivity (Wildman–Crippen MR) is 69.0 cm³/mol. The molecule has 0 saturated heterocycles. The Kier molecular flexibility index (Phi) is 4.27. The van der Waals surface area contributed by atoms with Crippen LogP contribution in [0.25, 0.3) is 0 Å². The summed E-state index contributed by atoms with van der Waals surface area (Å²) in [5, 5.41) is 8.67. The van der Waals surface area contributed by atoms with E-state index in [-0.39, 0.29) is 5.91 Å². The van der Waals surface area contributed by atoms with Gasteiger partial charge in [0.1, 0.15) is 12.7 Å². The molecule has 0 atom stereocenters. The van der Waals surface area contributed by atoms with E-state index in [2.05, 4.69) is 31.3 Å². The number of nitrogens with zero attached hydrogens (tertiary/aromatic N) is 3. The molecule has 2 heterocycles. The molecule has 5 nitrogen and oxygen atoms in total.